The molecule has 2 heterocycles. The molecule has 0 aromatic heterocycles. The molecule has 3 amide bonds. The summed E-state index contributed by atoms with van der Waals surface area (Å²) in [6.45, 7) is 1.61. The van der Waals surface area contributed by atoms with Crippen LogP contribution in [0.25, 0.3) is 0 Å². The normalized spacial score (nSPS) is 16.9. The SMILES string of the molecule is COc1ccc(NC(=O)N2CCC3(CC2)SCCN3C(=O)c2ccc([N+](=O)[O-])cc2)c(OC)c1. The summed E-state index contributed by atoms with van der Waals surface area (Å²) >= 11 is 1.74. The highest BCUT2D eigenvalue weighted by molar-refractivity contribution is 8.00. The Hall–Kier alpha value is -3.47. The topological polar surface area (TPSA) is 114 Å². The van der Waals surface area contributed by atoms with Crippen molar-refractivity contribution in [2.45, 2.75) is 17.7 Å². The van der Waals surface area contributed by atoms with Gasteiger partial charge in [-0.25, -0.2) is 4.79 Å². The van der Waals surface area contributed by atoms with Gasteiger partial charge in [0.15, 0.2) is 0 Å². The van der Waals surface area contributed by atoms with Crippen molar-refractivity contribution in [3.63, 3.8) is 0 Å². The van der Waals surface area contributed by atoms with Gasteiger partial charge in [-0.15, -0.1) is 11.8 Å². The third-order valence-electron chi connectivity index (χ3n) is 6.23. The molecule has 0 bridgehead atoms. The summed E-state index contributed by atoms with van der Waals surface area (Å²) < 4.78 is 10.6. The van der Waals surface area contributed by atoms with Gasteiger partial charge in [0.25, 0.3) is 11.6 Å². The molecule has 1 spiro atoms. The molecule has 0 atom stereocenters. The van der Waals surface area contributed by atoms with E-state index in [-0.39, 0.29) is 22.5 Å². The van der Waals surface area contributed by atoms with Crippen LogP contribution in [0.5, 0.6) is 11.5 Å². The Kier molecular flexibility index (Phi) is 6.82. The summed E-state index contributed by atoms with van der Waals surface area (Å²) in [5.41, 5.74) is 0.938. The zero-order valence-corrected chi connectivity index (χ0v) is 19.8. The predicted octanol–water partition coefficient (Wildman–Crippen LogP) is 3.83. The molecule has 4 rings (SSSR count). The average molecular weight is 487 g/mol. The van der Waals surface area contributed by atoms with Crippen LogP contribution in [0.1, 0.15) is 23.2 Å². The minimum atomic E-state index is -0.482. The number of nitrogens with one attached hydrogen (secondary N) is 1. The lowest BCUT2D eigenvalue weighted by atomic mass is 10.0. The van der Waals surface area contributed by atoms with E-state index < -0.39 is 4.92 Å². The average Bonchev–Trinajstić information content (AvgIpc) is 3.26. The predicted molar refractivity (Wildman–Crippen MR) is 129 cm³/mol. The number of nitrogens with zero attached hydrogens (tertiary/aromatic N) is 3. The number of non-ortho nitro benzene ring substituents is 1. The summed E-state index contributed by atoms with van der Waals surface area (Å²) in [6.07, 6.45) is 1.28. The van der Waals surface area contributed by atoms with Crippen LogP contribution >= 0.6 is 11.8 Å². The lowest BCUT2D eigenvalue weighted by molar-refractivity contribution is -0.384. The maximum atomic E-state index is 13.2. The Labute approximate surface area is 201 Å². The van der Waals surface area contributed by atoms with Crippen molar-refractivity contribution in [2.75, 3.05) is 44.9 Å². The first-order chi connectivity index (χ1) is 16.4. The van der Waals surface area contributed by atoms with Crippen LogP contribution in [0.4, 0.5) is 16.2 Å². The Balaban J connectivity index is 1.41. The van der Waals surface area contributed by atoms with E-state index >= 15 is 0 Å². The number of piperidine rings is 1. The van der Waals surface area contributed by atoms with Gasteiger partial charge in [-0.3, -0.25) is 14.9 Å². The van der Waals surface area contributed by atoms with Gasteiger partial charge >= 0.3 is 6.03 Å². The maximum absolute atomic E-state index is 13.2. The zero-order valence-electron chi connectivity index (χ0n) is 19.0. The Bertz CT molecular complexity index is 1090. The van der Waals surface area contributed by atoms with Gasteiger partial charge < -0.3 is 24.6 Å². The first kappa shape index (κ1) is 23.7. The maximum Gasteiger partial charge on any atom is 0.321 e. The lowest BCUT2D eigenvalue weighted by Gasteiger charge is -2.44. The van der Waals surface area contributed by atoms with Crippen LogP contribution in [0.3, 0.4) is 0 Å². The molecular formula is C23H26N4O6S. The summed E-state index contributed by atoms with van der Waals surface area (Å²) in [5, 5.41) is 13.8. The first-order valence-electron chi connectivity index (χ1n) is 10.9. The van der Waals surface area contributed by atoms with E-state index in [9.17, 15) is 19.7 Å². The van der Waals surface area contributed by atoms with Crippen molar-refractivity contribution < 1.29 is 24.0 Å². The summed E-state index contributed by atoms with van der Waals surface area (Å²) in [5.74, 6) is 1.81. The number of ether oxygens (including phenoxy) is 2. The highest BCUT2D eigenvalue weighted by atomic mass is 32.2. The second-order valence-electron chi connectivity index (χ2n) is 8.04. The molecule has 0 saturated carbocycles. The molecule has 0 unspecified atom stereocenters. The number of hydrogen-bond acceptors (Lipinski definition) is 7. The molecule has 180 valence electrons. The minimum absolute atomic E-state index is 0.0464. The molecule has 10 nitrogen and oxygen atoms in total. The van der Waals surface area contributed by atoms with Crippen molar-refractivity contribution >= 4 is 35.1 Å². The molecule has 2 saturated heterocycles. The van der Waals surface area contributed by atoms with Crippen molar-refractivity contribution in [1.82, 2.24) is 9.80 Å². The van der Waals surface area contributed by atoms with E-state index in [1.54, 1.807) is 42.0 Å². The highest BCUT2D eigenvalue weighted by Crippen LogP contribution is 2.44. The number of amides is 3. The largest absolute Gasteiger partial charge is 0.497 e. The van der Waals surface area contributed by atoms with Crippen LogP contribution in [-0.2, 0) is 0 Å². The number of nitro groups is 1. The molecule has 0 aliphatic carbocycles. The van der Waals surface area contributed by atoms with Gasteiger partial charge in [-0.05, 0) is 37.1 Å². The monoisotopic (exact) mass is 486 g/mol. The van der Waals surface area contributed by atoms with E-state index in [0.717, 1.165) is 5.75 Å². The summed E-state index contributed by atoms with van der Waals surface area (Å²) in [7, 11) is 3.09. The number of benzene rings is 2. The lowest BCUT2D eigenvalue weighted by Crippen LogP contribution is -2.54. The second kappa shape index (κ2) is 9.80. The third kappa shape index (κ3) is 4.60. The third-order valence-corrected chi connectivity index (χ3v) is 7.78. The summed E-state index contributed by atoms with van der Waals surface area (Å²) in [6, 6.07) is 10.7. The molecule has 34 heavy (non-hydrogen) atoms. The van der Waals surface area contributed by atoms with Crippen LogP contribution in [-0.4, -0.2) is 71.1 Å². The van der Waals surface area contributed by atoms with Crippen LogP contribution in [0.2, 0.25) is 0 Å². The molecular weight excluding hydrogens is 460 g/mol. The smallest absolute Gasteiger partial charge is 0.321 e. The summed E-state index contributed by atoms with van der Waals surface area (Å²) in [4.78, 5) is 39.7. The number of thioether (sulfide) groups is 1. The molecule has 2 aromatic carbocycles. The van der Waals surface area contributed by atoms with Crippen molar-refractivity contribution in [3.8, 4) is 11.5 Å². The second-order valence-corrected chi connectivity index (χ2v) is 9.50. The number of likely N-dealkylation sites (tertiary alicyclic amines) is 1. The van der Waals surface area contributed by atoms with Gasteiger partial charge in [0, 0.05) is 49.1 Å². The van der Waals surface area contributed by atoms with Crippen molar-refractivity contribution in [2.24, 2.45) is 0 Å². The van der Waals surface area contributed by atoms with Crippen molar-refractivity contribution in [3.05, 3.63) is 58.1 Å². The fourth-order valence-corrected chi connectivity index (χ4v) is 5.80. The number of carbonyl (C=O) groups excluding carboxylic acids is 2. The fraction of sp³-hybridized carbons (Fsp3) is 0.391. The van der Waals surface area contributed by atoms with Crippen LogP contribution in [0, 0.1) is 10.1 Å². The van der Waals surface area contributed by atoms with Gasteiger partial charge in [0.05, 0.1) is 29.7 Å². The molecule has 11 heteroatoms. The molecule has 0 radical (unpaired) electrons. The number of methoxy groups -OCH3 is 2. The number of hydrogen-bond donors (Lipinski definition) is 1. The molecule has 2 fully saturated rings. The Morgan fingerprint density at radius 3 is 2.38 bits per heavy atom. The number of nitro benzene ring substituents is 1. The van der Waals surface area contributed by atoms with E-state index in [0.29, 0.717) is 55.2 Å². The van der Waals surface area contributed by atoms with E-state index in [4.69, 9.17) is 9.47 Å². The van der Waals surface area contributed by atoms with E-state index in [1.807, 2.05) is 4.90 Å². The molecule has 1 N–H and O–H groups in total. The molecule has 2 aliphatic heterocycles. The van der Waals surface area contributed by atoms with Crippen molar-refractivity contribution in [1.29, 1.82) is 0 Å². The van der Waals surface area contributed by atoms with Crippen LogP contribution in [0.15, 0.2) is 42.5 Å². The van der Waals surface area contributed by atoms with E-state index in [2.05, 4.69) is 5.32 Å². The molecule has 2 aromatic rings. The first-order valence-corrected chi connectivity index (χ1v) is 11.8. The Morgan fingerprint density at radius 2 is 1.76 bits per heavy atom. The van der Waals surface area contributed by atoms with Crippen LogP contribution < -0.4 is 14.8 Å². The van der Waals surface area contributed by atoms with Gasteiger partial charge in [-0.2, -0.15) is 0 Å². The quantitative estimate of drug-likeness (QED) is 0.505. The van der Waals surface area contributed by atoms with Gasteiger partial charge in [0.2, 0.25) is 0 Å². The zero-order chi connectivity index (χ0) is 24.3. The van der Waals surface area contributed by atoms with Gasteiger partial charge in [0.1, 0.15) is 11.5 Å². The highest BCUT2D eigenvalue weighted by Gasteiger charge is 2.47. The molecule has 2 aliphatic rings. The van der Waals surface area contributed by atoms with E-state index in [1.165, 1.54) is 31.4 Å². The number of anilines is 1. The number of rotatable bonds is 5. The Morgan fingerprint density at radius 1 is 1.06 bits per heavy atom. The number of carbonyl (C=O) groups is 2. The fourth-order valence-electron chi connectivity index (χ4n) is 4.35. The number of urea groups is 1. The minimum Gasteiger partial charge on any atom is -0.497 e. The standard InChI is InChI=1S/C23H26N4O6S/c1-32-18-7-8-19(20(15-18)33-2)24-22(29)25-11-9-23(10-12-25)26(13-14-34-23)21(28)16-3-5-17(6-4-16)27(30)31/h3-8,15H,9-14H2,1-2H3,(H,24,29). The van der Waals surface area contributed by atoms with Gasteiger partial charge in [-0.1, -0.05) is 0 Å².